The summed E-state index contributed by atoms with van der Waals surface area (Å²) in [6.07, 6.45) is 3.85. The van der Waals surface area contributed by atoms with Crippen LogP contribution in [-0.2, 0) is 10.0 Å². The minimum atomic E-state index is -3.55. The molecule has 0 bridgehead atoms. The number of rotatable bonds is 8. The predicted molar refractivity (Wildman–Crippen MR) is 96.9 cm³/mol. The van der Waals surface area contributed by atoms with Crippen molar-refractivity contribution in [2.45, 2.75) is 37.8 Å². The molecule has 2 rings (SSSR count). The summed E-state index contributed by atoms with van der Waals surface area (Å²) in [6, 6.07) is 7.03. The summed E-state index contributed by atoms with van der Waals surface area (Å²) in [5.41, 5.74) is 1.02. The van der Waals surface area contributed by atoms with Crippen LogP contribution >= 0.6 is 11.3 Å². The molecular weight excluding hydrogens is 330 g/mol. The van der Waals surface area contributed by atoms with Crippen LogP contribution in [0.3, 0.4) is 0 Å². The fourth-order valence-electron chi connectivity index (χ4n) is 2.29. The molecule has 0 spiro atoms. The fourth-order valence-corrected chi connectivity index (χ4v) is 4.58. The summed E-state index contributed by atoms with van der Waals surface area (Å²) in [5.74, 6) is 0.341. The van der Waals surface area contributed by atoms with Crippen molar-refractivity contribution in [3.8, 4) is 0 Å². The van der Waals surface area contributed by atoms with Gasteiger partial charge in [0, 0.05) is 18.0 Å². The van der Waals surface area contributed by atoms with Crippen LogP contribution in [0.25, 0.3) is 0 Å². The van der Waals surface area contributed by atoms with Crippen molar-refractivity contribution in [1.29, 1.82) is 0 Å². The van der Waals surface area contributed by atoms with Crippen molar-refractivity contribution in [1.82, 2.24) is 4.98 Å². The van der Waals surface area contributed by atoms with Crippen molar-refractivity contribution in [2.24, 2.45) is 0 Å². The van der Waals surface area contributed by atoms with Crippen LogP contribution in [0.4, 0.5) is 11.5 Å². The van der Waals surface area contributed by atoms with E-state index < -0.39 is 10.0 Å². The van der Waals surface area contributed by atoms with Gasteiger partial charge >= 0.3 is 0 Å². The summed E-state index contributed by atoms with van der Waals surface area (Å²) in [4.78, 5) is 7.47. The minimum absolute atomic E-state index is 0.305. The third kappa shape index (κ3) is 4.68. The molecular formula is C16H23N3O2S2. The number of aromatic nitrogens is 1. The summed E-state index contributed by atoms with van der Waals surface area (Å²) < 4.78 is 27.4. The lowest BCUT2D eigenvalue weighted by atomic mass is 10.3. The molecule has 0 radical (unpaired) electrons. The van der Waals surface area contributed by atoms with Crippen LogP contribution in [0.5, 0.6) is 0 Å². The molecule has 0 amide bonds. The van der Waals surface area contributed by atoms with Crippen molar-refractivity contribution < 1.29 is 8.42 Å². The van der Waals surface area contributed by atoms with Crippen molar-refractivity contribution in [3.05, 3.63) is 35.3 Å². The highest BCUT2D eigenvalue weighted by Gasteiger charge is 2.17. The number of anilines is 2. The maximum atomic E-state index is 12.3. The van der Waals surface area contributed by atoms with Crippen molar-refractivity contribution in [2.75, 3.05) is 22.7 Å². The Morgan fingerprint density at radius 3 is 2.30 bits per heavy atom. The lowest BCUT2D eigenvalue weighted by Gasteiger charge is -2.23. The van der Waals surface area contributed by atoms with Gasteiger partial charge in [0.1, 0.15) is 10.0 Å². The molecule has 2 heterocycles. The molecule has 0 unspecified atom stereocenters. The number of thiophene rings is 1. The van der Waals surface area contributed by atoms with Crippen molar-refractivity contribution >= 4 is 32.9 Å². The topological polar surface area (TPSA) is 62.3 Å². The standard InChI is InChI=1S/C16H23N3O2S2/c1-4-10-19(11-5-2)14-7-8-15(17-12-14)18-23(20,21)16-9-6-13(3)22-16/h6-9,12H,4-5,10-11H2,1-3H3,(H,17,18). The molecule has 2 aromatic rings. The van der Waals surface area contributed by atoms with Crippen LogP contribution in [-0.4, -0.2) is 26.5 Å². The molecule has 0 aliphatic carbocycles. The van der Waals surface area contributed by atoms with Crippen LogP contribution in [0.2, 0.25) is 0 Å². The lowest BCUT2D eigenvalue weighted by Crippen LogP contribution is -2.25. The number of hydrogen-bond donors (Lipinski definition) is 1. The van der Waals surface area contributed by atoms with E-state index in [9.17, 15) is 8.42 Å². The van der Waals surface area contributed by atoms with Crippen LogP contribution < -0.4 is 9.62 Å². The third-order valence-corrected chi connectivity index (χ3v) is 6.17. The van der Waals surface area contributed by atoms with Crippen molar-refractivity contribution in [3.63, 3.8) is 0 Å². The van der Waals surface area contributed by atoms with E-state index in [1.807, 2.05) is 13.0 Å². The van der Waals surface area contributed by atoms with Gasteiger partial charge in [0.25, 0.3) is 10.0 Å². The van der Waals surface area contributed by atoms with Gasteiger partial charge in [-0.15, -0.1) is 11.3 Å². The normalized spacial score (nSPS) is 11.4. The molecule has 7 heteroatoms. The van der Waals surface area contributed by atoms with Gasteiger partial charge in [-0.2, -0.15) is 0 Å². The largest absolute Gasteiger partial charge is 0.370 e. The Balaban J connectivity index is 2.13. The highest BCUT2D eigenvalue weighted by Crippen LogP contribution is 2.23. The van der Waals surface area contributed by atoms with Gasteiger partial charge < -0.3 is 4.90 Å². The predicted octanol–water partition coefficient (Wildman–Crippen LogP) is 3.88. The van der Waals surface area contributed by atoms with Gasteiger partial charge in [-0.3, -0.25) is 4.72 Å². The first-order valence-electron chi connectivity index (χ1n) is 7.76. The summed E-state index contributed by atoms with van der Waals surface area (Å²) in [7, 11) is -3.55. The van der Waals surface area contributed by atoms with Gasteiger partial charge in [0.2, 0.25) is 0 Å². The Kier molecular flexibility index (Phi) is 6.01. The maximum Gasteiger partial charge on any atom is 0.272 e. The molecule has 0 aliphatic rings. The average Bonchev–Trinajstić information content (AvgIpc) is 2.95. The molecule has 23 heavy (non-hydrogen) atoms. The fraction of sp³-hybridized carbons (Fsp3) is 0.438. The first-order chi connectivity index (χ1) is 11.0. The highest BCUT2D eigenvalue weighted by molar-refractivity contribution is 7.94. The van der Waals surface area contributed by atoms with Crippen LogP contribution in [0.1, 0.15) is 31.6 Å². The Labute approximate surface area is 142 Å². The molecule has 0 fully saturated rings. The van der Waals surface area contributed by atoms with E-state index in [0.717, 1.165) is 36.5 Å². The lowest BCUT2D eigenvalue weighted by molar-refractivity contribution is 0.603. The summed E-state index contributed by atoms with van der Waals surface area (Å²) in [6.45, 7) is 8.10. The van der Waals surface area contributed by atoms with E-state index in [-0.39, 0.29) is 0 Å². The van der Waals surface area contributed by atoms with Gasteiger partial charge in [0.05, 0.1) is 11.9 Å². The van der Waals surface area contributed by atoms with E-state index >= 15 is 0 Å². The second-order valence-corrected chi connectivity index (χ2v) is 8.56. The van der Waals surface area contributed by atoms with Gasteiger partial charge in [-0.25, -0.2) is 13.4 Å². The second-order valence-electron chi connectivity index (χ2n) is 5.36. The van der Waals surface area contributed by atoms with Gasteiger partial charge in [-0.1, -0.05) is 13.8 Å². The maximum absolute atomic E-state index is 12.3. The first-order valence-corrected chi connectivity index (χ1v) is 10.1. The number of sulfonamides is 1. The molecule has 1 N–H and O–H groups in total. The minimum Gasteiger partial charge on any atom is -0.370 e. The van der Waals surface area contributed by atoms with Crippen LogP contribution in [0, 0.1) is 6.92 Å². The Hall–Kier alpha value is -1.60. The Bertz CT molecular complexity index is 718. The highest BCUT2D eigenvalue weighted by atomic mass is 32.2. The molecule has 126 valence electrons. The molecule has 2 aromatic heterocycles. The zero-order valence-corrected chi connectivity index (χ0v) is 15.4. The summed E-state index contributed by atoms with van der Waals surface area (Å²) in [5, 5.41) is 0. The Morgan fingerprint density at radius 1 is 1.13 bits per heavy atom. The number of nitrogens with zero attached hydrogens (tertiary/aromatic N) is 2. The van der Waals surface area contributed by atoms with E-state index in [0.29, 0.717) is 10.0 Å². The number of pyridine rings is 1. The van der Waals surface area contributed by atoms with E-state index in [2.05, 4.69) is 28.5 Å². The molecule has 0 atom stereocenters. The number of aryl methyl sites for hydroxylation is 1. The zero-order valence-electron chi connectivity index (χ0n) is 13.7. The number of nitrogens with one attached hydrogen (secondary N) is 1. The smallest absolute Gasteiger partial charge is 0.272 e. The van der Waals surface area contributed by atoms with E-state index in [1.54, 1.807) is 24.4 Å². The monoisotopic (exact) mass is 353 g/mol. The van der Waals surface area contributed by atoms with E-state index in [1.165, 1.54) is 11.3 Å². The van der Waals surface area contributed by atoms with E-state index in [4.69, 9.17) is 0 Å². The average molecular weight is 354 g/mol. The van der Waals surface area contributed by atoms with Crippen LogP contribution in [0.15, 0.2) is 34.7 Å². The summed E-state index contributed by atoms with van der Waals surface area (Å²) >= 11 is 1.25. The second kappa shape index (κ2) is 7.79. The molecule has 0 aliphatic heterocycles. The third-order valence-electron chi connectivity index (χ3n) is 3.32. The Morgan fingerprint density at radius 2 is 1.83 bits per heavy atom. The SMILES string of the molecule is CCCN(CCC)c1ccc(NS(=O)(=O)c2ccc(C)s2)nc1. The number of hydrogen-bond acceptors (Lipinski definition) is 5. The van der Waals surface area contributed by atoms with Gasteiger partial charge in [0.15, 0.2) is 0 Å². The molecule has 0 saturated heterocycles. The van der Waals surface area contributed by atoms with Gasteiger partial charge in [-0.05, 0) is 44.0 Å². The first kappa shape index (κ1) is 17.7. The molecule has 0 saturated carbocycles. The zero-order chi connectivity index (χ0) is 16.9. The molecule has 5 nitrogen and oxygen atoms in total. The molecule has 0 aromatic carbocycles. The quantitative estimate of drug-likeness (QED) is 0.782.